The molecule has 5 aromatic rings. The molecule has 1 aliphatic rings. The molecule has 3 heterocycles. The van der Waals surface area contributed by atoms with Gasteiger partial charge in [0.15, 0.2) is 5.69 Å². The Bertz CT molecular complexity index is 1620. The summed E-state index contributed by atoms with van der Waals surface area (Å²) in [5, 5.41) is 9.57. The third-order valence-electron chi connectivity index (χ3n) is 6.48. The van der Waals surface area contributed by atoms with Crippen LogP contribution in [-0.4, -0.2) is 9.97 Å². The van der Waals surface area contributed by atoms with E-state index >= 15 is 0 Å². The smallest absolute Gasteiger partial charge is 0.190 e. The predicted octanol–water partition coefficient (Wildman–Crippen LogP) is 7.05. The molecule has 1 aliphatic heterocycles. The lowest BCUT2D eigenvalue weighted by atomic mass is 9.67. The number of benzene rings is 3. The van der Waals surface area contributed by atoms with E-state index in [0.29, 0.717) is 22.7 Å². The van der Waals surface area contributed by atoms with E-state index in [0.717, 1.165) is 33.8 Å². The van der Waals surface area contributed by atoms with Crippen LogP contribution in [0.1, 0.15) is 28.1 Å². The first-order chi connectivity index (χ1) is 17.7. The first-order valence-corrected chi connectivity index (χ1v) is 11.4. The maximum Gasteiger partial charge on any atom is 0.190 e. The van der Waals surface area contributed by atoms with Crippen molar-refractivity contribution in [2.75, 3.05) is 0 Å². The Morgan fingerprint density at radius 3 is 2.28 bits per heavy atom. The summed E-state index contributed by atoms with van der Waals surface area (Å²) in [6.45, 7) is 7.52. The lowest BCUT2D eigenvalue weighted by Crippen LogP contribution is -2.36. The fraction of sp³-hybridized carbons (Fsp3) is 0.0323. The highest BCUT2D eigenvalue weighted by Crippen LogP contribution is 2.55. The lowest BCUT2D eigenvalue weighted by Gasteiger charge is -2.40. The van der Waals surface area contributed by atoms with Crippen LogP contribution in [0.15, 0.2) is 109 Å². The molecule has 0 spiro atoms. The van der Waals surface area contributed by atoms with E-state index in [9.17, 15) is 5.26 Å². The highest BCUT2D eigenvalue weighted by Gasteiger charge is 2.47. The second-order valence-corrected chi connectivity index (χ2v) is 8.46. The van der Waals surface area contributed by atoms with Gasteiger partial charge >= 0.3 is 0 Å². The Labute approximate surface area is 208 Å². The molecule has 0 saturated heterocycles. The van der Waals surface area contributed by atoms with E-state index in [1.807, 2.05) is 78.9 Å². The van der Waals surface area contributed by atoms with Crippen LogP contribution in [-0.2, 0) is 5.41 Å². The van der Waals surface area contributed by atoms with Crippen LogP contribution in [0.5, 0.6) is 11.5 Å². The van der Waals surface area contributed by atoms with Crippen LogP contribution in [0.2, 0.25) is 0 Å². The van der Waals surface area contributed by atoms with Gasteiger partial charge in [-0.1, -0.05) is 60.7 Å². The molecule has 1 atom stereocenters. The summed E-state index contributed by atoms with van der Waals surface area (Å²) in [6.07, 6.45) is 1.77. The molecule has 0 amide bonds. The number of nitrogens with zero attached hydrogens (tertiary/aromatic N) is 4. The molecule has 0 fully saturated rings. The highest BCUT2D eigenvalue weighted by molar-refractivity contribution is 5.71. The molecule has 6 rings (SSSR count). The molecular formula is C31H18N4O. The first kappa shape index (κ1) is 21.3. The van der Waals surface area contributed by atoms with Crippen molar-refractivity contribution in [1.82, 2.24) is 9.97 Å². The fourth-order valence-electron chi connectivity index (χ4n) is 4.91. The van der Waals surface area contributed by atoms with Crippen LogP contribution in [0, 0.1) is 17.9 Å². The maximum absolute atomic E-state index is 9.57. The van der Waals surface area contributed by atoms with Crippen molar-refractivity contribution in [1.29, 1.82) is 5.26 Å². The summed E-state index contributed by atoms with van der Waals surface area (Å²) in [6, 6.07) is 35.0. The number of fused-ring (bicyclic) bond motifs is 2. The van der Waals surface area contributed by atoms with Gasteiger partial charge in [0.25, 0.3) is 0 Å². The SMILES string of the molecule is [C-]#[N+]c1ccc2c(c1)Oc1cc(C#N)ccc1[C@@]2(c1ccccn1)c1cccc(-c2ccccc2)n1. The zero-order chi connectivity index (χ0) is 24.5. The molecule has 0 bridgehead atoms. The molecular weight excluding hydrogens is 444 g/mol. The van der Waals surface area contributed by atoms with E-state index in [4.69, 9.17) is 21.3 Å². The minimum absolute atomic E-state index is 0.467. The lowest BCUT2D eigenvalue weighted by molar-refractivity contribution is 0.430. The minimum Gasteiger partial charge on any atom is -0.458 e. The number of hydrogen-bond donors (Lipinski definition) is 0. The number of pyridine rings is 2. The molecule has 3 aromatic carbocycles. The van der Waals surface area contributed by atoms with Crippen molar-refractivity contribution >= 4 is 5.69 Å². The van der Waals surface area contributed by atoms with E-state index in [1.54, 1.807) is 30.5 Å². The Morgan fingerprint density at radius 2 is 1.53 bits per heavy atom. The molecule has 0 aliphatic carbocycles. The number of ether oxygens (including phenoxy) is 1. The van der Waals surface area contributed by atoms with Gasteiger partial charge in [-0.3, -0.25) is 9.97 Å². The average Bonchev–Trinajstić information content (AvgIpc) is 2.96. The molecule has 5 heteroatoms. The number of aromatic nitrogens is 2. The topological polar surface area (TPSA) is 63.2 Å². The monoisotopic (exact) mass is 462 g/mol. The zero-order valence-corrected chi connectivity index (χ0v) is 19.1. The number of nitriles is 1. The maximum atomic E-state index is 9.57. The van der Waals surface area contributed by atoms with Crippen molar-refractivity contribution < 1.29 is 4.74 Å². The van der Waals surface area contributed by atoms with Crippen LogP contribution in [0.3, 0.4) is 0 Å². The molecule has 36 heavy (non-hydrogen) atoms. The van der Waals surface area contributed by atoms with Crippen molar-refractivity contribution in [2.45, 2.75) is 5.41 Å². The van der Waals surface area contributed by atoms with E-state index in [-0.39, 0.29) is 0 Å². The summed E-state index contributed by atoms with van der Waals surface area (Å²) < 4.78 is 6.33. The van der Waals surface area contributed by atoms with Crippen molar-refractivity contribution in [3.63, 3.8) is 0 Å². The minimum atomic E-state index is -0.927. The second kappa shape index (κ2) is 8.51. The summed E-state index contributed by atoms with van der Waals surface area (Å²) >= 11 is 0. The Balaban J connectivity index is 1.74. The largest absolute Gasteiger partial charge is 0.458 e. The van der Waals surface area contributed by atoms with E-state index in [2.05, 4.69) is 10.9 Å². The fourth-order valence-corrected chi connectivity index (χ4v) is 4.91. The molecule has 0 N–H and O–H groups in total. The van der Waals surface area contributed by atoms with Crippen molar-refractivity contribution in [3.8, 4) is 28.8 Å². The molecule has 0 radical (unpaired) electrons. The first-order valence-electron chi connectivity index (χ1n) is 11.4. The summed E-state index contributed by atoms with van der Waals surface area (Å²) in [7, 11) is 0. The third kappa shape index (κ3) is 3.23. The van der Waals surface area contributed by atoms with Crippen LogP contribution < -0.4 is 4.74 Å². The van der Waals surface area contributed by atoms with Gasteiger partial charge in [0.1, 0.15) is 16.9 Å². The summed E-state index contributed by atoms with van der Waals surface area (Å²) in [5.41, 5.74) is 5.08. The van der Waals surface area contributed by atoms with Gasteiger partial charge in [0, 0.05) is 22.9 Å². The zero-order valence-electron chi connectivity index (χ0n) is 19.1. The van der Waals surface area contributed by atoms with Gasteiger partial charge in [0.05, 0.1) is 35.3 Å². The quantitative estimate of drug-likeness (QED) is 0.264. The van der Waals surface area contributed by atoms with Crippen LogP contribution >= 0.6 is 0 Å². The van der Waals surface area contributed by atoms with Gasteiger partial charge in [-0.25, -0.2) is 4.85 Å². The van der Waals surface area contributed by atoms with Gasteiger partial charge in [0.2, 0.25) is 0 Å². The van der Waals surface area contributed by atoms with Crippen molar-refractivity contribution in [3.05, 3.63) is 149 Å². The normalized spacial score (nSPS) is 15.5. The van der Waals surface area contributed by atoms with Gasteiger partial charge in [-0.15, -0.1) is 0 Å². The average molecular weight is 463 g/mol. The predicted molar refractivity (Wildman–Crippen MR) is 137 cm³/mol. The van der Waals surface area contributed by atoms with E-state index in [1.165, 1.54) is 0 Å². The van der Waals surface area contributed by atoms with Crippen LogP contribution in [0.4, 0.5) is 5.69 Å². The summed E-state index contributed by atoms with van der Waals surface area (Å²) in [5.74, 6) is 1.09. The molecule has 0 unspecified atom stereocenters. The Hall–Kier alpha value is -5.26. The molecule has 5 nitrogen and oxygen atoms in total. The highest BCUT2D eigenvalue weighted by atomic mass is 16.5. The third-order valence-corrected chi connectivity index (χ3v) is 6.48. The molecule has 0 saturated carbocycles. The van der Waals surface area contributed by atoms with Crippen molar-refractivity contribution in [2.24, 2.45) is 0 Å². The van der Waals surface area contributed by atoms with Gasteiger partial charge in [-0.2, -0.15) is 5.26 Å². The second-order valence-electron chi connectivity index (χ2n) is 8.46. The molecule has 168 valence electrons. The van der Waals surface area contributed by atoms with Gasteiger partial charge < -0.3 is 4.74 Å². The number of rotatable bonds is 3. The van der Waals surface area contributed by atoms with E-state index < -0.39 is 5.41 Å². The Kier molecular flexibility index (Phi) is 5.03. The number of hydrogen-bond acceptors (Lipinski definition) is 4. The van der Waals surface area contributed by atoms with Crippen LogP contribution in [0.25, 0.3) is 16.1 Å². The molecule has 2 aromatic heterocycles. The standard InChI is InChI=1S/C31H18N4O/c1-33-23-14-16-25-28(19-23)36-27-18-21(20-32)13-15-24(27)31(25,29-11-5-6-17-34-29)30-12-7-10-26(35-30)22-8-3-2-4-9-22/h2-19H/t31-/m1/s1. The summed E-state index contributed by atoms with van der Waals surface area (Å²) in [4.78, 5) is 13.6. The Morgan fingerprint density at radius 1 is 0.778 bits per heavy atom. The van der Waals surface area contributed by atoms with Gasteiger partial charge in [-0.05, 0) is 42.5 Å².